The van der Waals surface area contributed by atoms with Crippen molar-refractivity contribution >= 4 is 50.0 Å². The van der Waals surface area contributed by atoms with Gasteiger partial charge in [0.05, 0.1) is 16.6 Å². The van der Waals surface area contributed by atoms with Gasteiger partial charge in [-0.05, 0) is 61.4 Å². The molecular weight excluding hydrogens is 454 g/mol. The van der Waals surface area contributed by atoms with Crippen molar-refractivity contribution in [3.05, 3.63) is 70.8 Å². The van der Waals surface area contributed by atoms with E-state index in [9.17, 15) is 4.79 Å². The van der Waals surface area contributed by atoms with Gasteiger partial charge >= 0.3 is 6.03 Å². The normalized spacial score (nSPS) is 14.8. The van der Waals surface area contributed by atoms with E-state index in [0.717, 1.165) is 64.1 Å². The van der Waals surface area contributed by atoms with Gasteiger partial charge < -0.3 is 19.5 Å². The first-order chi connectivity index (χ1) is 15.1. The van der Waals surface area contributed by atoms with Gasteiger partial charge in [0.15, 0.2) is 5.82 Å². The lowest BCUT2D eigenvalue weighted by Gasteiger charge is -2.24. The zero-order valence-corrected chi connectivity index (χ0v) is 19.0. The van der Waals surface area contributed by atoms with Crippen molar-refractivity contribution in [2.45, 2.75) is 13.3 Å². The highest BCUT2D eigenvalue weighted by molar-refractivity contribution is 9.10. The number of carbonyl (C=O) groups excluding carboxylic acids is 1. The zero-order chi connectivity index (χ0) is 21.4. The number of hydrogen-bond donors (Lipinski definition) is 1. The highest BCUT2D eigenvalue weighted by Crippen LogP contribution is 2.28. The van der Waals surface area contributed by atoms with Crippen LogP contribution in [0.4, 0.5) is 16.3 Å². The van der Waals surface area contributed by atoms with E-state index >= 15 is 0 Å². The van der Waals surface area contributed by atoms with Crippen molar-refractivity contribution in [1.82, 2.24) is 14.3 Å². The number of nitrogens with zero attached hydrogens (tertiary/aromatic N) is 4. The van der Waals surface area contributed by atoms with Gasteiger partial charge in [-0.15, -0.1) is 0 Å². The molecule has 0 radical (unpaired) electrons. The first kappa shape index (κ1) is 19.9. The number of hydrogen-bond acceptors (Lipinski definition) is 3. The van der Waals surface area contributed by atoms with Crippen LogP contribution in [0.5, 0.6) is 0 Å². The fourth-order valence-corrected chi connectivity index (χ4v) is 4.57. The van der Waals surface area contributed by atoms with Crippen LogP contribution in [0.2, 0.25) is 0 Å². The minimum atomic E-state index is -0.0457. The third kappa shape index (κ3) is 3.97. The number of benzene rings is 2. The van der Waals surface area contributed by atoms with E-state index in [1.54, 1.807) is 0 Å². The molecule has 2 aromatic carbocycles. The molecule has 1 fully saturated rings. The van der Waals surface area contributed by atoms with Crippen LogP contribution in [0.3, 0.4) is 0 Å². The molecule has 1 N–H and O–H groups in total. The van der Waals surface area contributed by atoms with Gasteiger partial charge in [0.1, 0.15) is 0 Å². The van der Waals surface area contributed by atoms with E-state index in [4.69, 9.17) is 4.98 Å². The van der Waals surface area contributed by atoms with Gasteiger partial charge in [-0.25, -0.2) is 9.78 Å². The summed E-state index contributed by atoms with van der Waals surface area (Å²) in [5.41, 5.74) is 5.09. The van der Waals surface area contributed by atoms with Crippen molar-refractivity contribution in [3.8, 4) is 0 Å². The predicted molar refractivity (Wildman–Crippen MR) is 129 cm³/mol. The highest BCUT2D eigenvalue weighted by atomic mass is 79.9. The van der Waals surface area contributed by atoms with E-state index in [1.807, 2.05) is 42.2 Å². The van der Waals surface area contributed by atoms with Crippen LogP contribution in [0, 0.1) is 6.92 Å². The van der Waals surface area contributed by atoms with Crippen LogP contribution in [0.15, 0.2) is 65.3 Å². The van der Waals surface area contributed by atoms with Crippen LogP contribution in [-0.2, 0) is 0 Å². The number of nitrogens with one attached hydrogen (secondary N) is 1. The summed E-state index contributed by atoms with van der Waals surface area (Å²) in [7, 11) is 0. The van der Waals surface area contributed by atoms with Crippen molar-refractivity contribution in [2.75, 3.05) is 36.4 Å². The highest BCUT2D eigenvalue weighted by Gasteiger charge is 2.22. The molecule has 2 aromatic heterocycles. The first-order valence-corrected chi connectivity index (χ1v) is 11.3. The van der Waals surface area contributed by atoms with E-state index in [1.165, 1.54) is 0 Å². The summed E-state index contributed by atoms with van der Waals surface area (Å²) in [6.07, 6.45) is 2.97. The standard InChI is InChI=1S/C24H24BrN5O/c1-17-5-2-6-19(15-17)26-24(31)29-11-4-10-28(13-14-29)23-22-7-3-12-30(22)21-9-8-18(25)16-20(21)27-23/h2-3,5-9,12,15-16H,4,10-11,13-14H2,1H3,(H,26,31). The quantitative estimate of drug-likeness (QED) is 0.425. The Bertz CT molecular complexity index is 1270. The number of urea groups is 1. The van der Waals surface area contributed by atoms with Gasteiger partial charge in [0.25, 0.3) is 0 Å². The summed E-state index contributed by atoms with van der Waals surface area (Å²) < 4.78 is 3.21. The third-order valence-corrected chi connectivity index (χ3v) is 6.25. The monoisotopic (exact) mass is 477 g/mol. The molecule has 1 saturated heterocycles. The molecule has 6 nitrogen and oxygen atoms in total. The lowest BCUT2D eigenvalue weighted by Crippen LogP contribution is -2.38. The average molecular weight is 478 g/mol. The minimum absolute atomic E-state index is 0.0457. The molecular formula is C24H24BrN5O. The van der Waals surface area contributed by atoms with Gasteiger partial charge in [-0.3, -0.25) is 0 Å². The summed E-state index contributed by atoms with van der Waals surface area (Å²) in [6.45, 7) is 5.01. The van der Waals surface area contributed by atoms with Crippen molar-refractivity contribution in [1.29, 1.82) is 0 Å². The maximum absolute atomic E-state index is 12.8. The Hall–Kier alpha value is -3.06. The van der Waals surface area contributed by atoms with Crippen LogP contribution in [0.25, 0.3) is 16.6 Å². The second-order valence-corrected chi connectivity index (χ2v) is 8.87. The number of aryl methyl sites for hydroxylation is 1. The molecule has 0 unspecified atom stereocenters. The minimum Gasteiger partial charge on any atom is -0.353 e. The van der Waals surface area contributed by atoms with Gasteiger partial charge in [0, 0.05) is 42.5 Å². The average Bonchev–Trinajstić information content (AvgIpc) is 3.11. The Balaban J connectivity index is 1.38. The van der Waals surface area contributed by atoms with E-state index in [0.29, 0.717) is 6.54 Å². The second kappa shape index (κ2) is 8.23. The van der Waals surface area contributed by atoms with E-state index in [-0.39, 0.29) is 6.03 Å². The summed E-state index contributed by atoms with van der Waals surface area (Å²) in [6, 6.07) is 18.2. The van der Waals surface area contributed by atoms with Gasteiger partial charge in [0.2, 0.25) is 0 Å². The molecule has 0 bridgehead atoms. The number of fused-ring (bicyclic) bond motifs is 3. The summed E-state index contributed by atoms with van der Waals surface area (Å²) in [5, 5.41) is 3.03. The number of amides is 2. The molecule has 3 heterocycles. The molecule has 7 heteroatoms. The molecule has 1 aliphatic heterocycles. The Morgan fingerprint density at radius 3 is 2.77 bits per heavy atom. The molecule has 0 spiro atoms. The van der Waals surface area contributed by atoms with Crippen LogP contribution in [-0.4, -0.2) is 46.5 Å². The van der Waals surface area contributed by atoms with Crippen LogP contribution < -0.4 is 10.2 Å². The summed E-state index contributed by atoms with van der Waals surface area (Å²) in [5.74, 6) is 0.969. The van der Waals surface area contributed by atoms with Crippen LogP contribution >= 0.6 is 15.9 Å². The fraction of sp³-hybridized carbons (Fsp3) is 0.250. The molecule has 31 heavy (non-hydrogen) atoms. The maximum Gasteiger partial charge on any atom is 0.321 e. The predicted octanol–water partition coefficient (Wildman–Crippen LogP) is 5.30. The lowest BCUT2D eigenvalue weighted by atomic mass is 10.2. The Kier molecular flexibility index (Phi) is 5.28. The molecule has 5 rings (SSSR count). The largest absolute Gasteiger partial charge is 0.353 e. The molecule has 158 valence electrons. The lowest BCUT2D eigenvalue weighted by molar-refractivity contribution is 0.215. The number of halogens is 1. The SMILES string of the molecule is Cc1cccc(NC(=O)N2CCCN(c3nc4cc(Br)ccc4n4cccc34)CC2)c1. The second-order valence-electron chi connectivity index (χ2n) is 7.96. The summed E-state index contributed by atoms with van der Waals surface area (Å²) in [4.78, 5) is 22.0. The van der Waals surface area contributed by atoms with Gasteiger partial charge in [-0.2, -0.15) is 0 Å². The Morgan fingerprint density at radius 1 is 1.00 bits per heavy atom. The molecule has 0 aliphatic carbocycles. The van der Waals surface area contributed by atoms with Crippen LogP contribution in [0.1, 0.15) is 12.0 Å². The van der Waals surface area contributed by atoms with Gasteiger partial charge in [-0.1, -0.05) is 28.1 Å². The number of anilines is 2. The molecule has 0 saturated carbocycles. The Labute approximate surface area is 189 Å². The smallest absolute Gasteiger partial charge is 0.321 e. The fourth-order valence-electron chi connectivity index (χ4n) is 4.22. The van der Waals surface area contributed by atoms with Crippen molar-refractivity contribution in [2.24, 2.45) is 0 Å². The number of carbonyl (C=O) groups is 1. The van der Waals surface area contributed by atoms with E-state index < -0.39 is 0 Å². The first-order valence-electron chi connectivity index (χ1n) is 10.5. The number of rotatable bonds is 2. The molecule has 4 aromatic rings. The summed E-state index contributed by atoms with van der Waals surface area (Å²) >= 11 is 3.56. The zero-order valence-electron chi connectivity index (χ0n) is 17.4. The molecule has 2 amide bonds. The maximum atomic E-state index is 12.8. The number of aromatic nitrogens is 2. The third-order valence-electron chi connectivity index (χ3n) is 5.75. The van der Waals surface area contributed by atoms with Crippen molar-refractivity contribution < 1.29 is 4.79 Å². The topological polar surface area (TPSA) is 52.9 Å². The molecule has 0 atom stereocenters. The Morgan fingerprint density at radius 2 is 1.90 bits per heavy atom. The molecule has 1 aliphatic rings. The van der Waals surface area contributed by atoms with E-state index in [2.05, 4.69) is 61.0 Å². The van der Waals surface area contributed by atoms with Crippen molar-refractivity contribution in [3.63, 3.8) is 0 Å².